The molecule has 0 amide bonds. The van der Waals surface area contributed by atoms with E-state index in [-0.39, 0.29) is 0 Å². The van der Waals surface area contributed by atoms with Gasteiger partial charge < -0.3 is 5.32 Å². The van der Waals surface area contributed by atoms with Crippen LogP contribution in [-0.4, -0.2) is 30.6 Å². The zero-order valence-electron chi connectivity index (χ0n) is 13.3. The molecule has 0 radical (unpaired) electrons. The lowest BCUT2D eigenvalue weighted by molar-refractivity contribution is 0.250. The molecule has 0 aliphatic carbocycles. The van der Waals surface area contributed by atoms with E-state index >= 15 is 0 Å². The topological polar surface area (TPSA) is 15.3 Å². The molecule has 1 N–H and O–H groups in total. The van der Waals surface area contributed by atoms with Gasteiger partial charge in [0.2, 0.25) is 0 Å². The lowest BCUT2D eigenvalue weighted by Gasteiger charge is -2.27. The summed E-state index contributed by atoms with van der Waals surface area (Å²) in [6.45, 7) is 10.5. The first kappa shape index (κ1) is 15.5. The molecule has 1 aromatic carbocycles. The zero-order chi connectivity index (χ0) is 14.4. The number of hydrogen-bond donors (Lipinski definition) is 1. The fourth-order valence-corrected chi connectivity index (χ4v) is 3.31. The van der Waals surface area contributed by atoms with Crippen LogP contribution in [0.5, 0.6) is 0 Å². The van der Waals surface area contributed by atoms with E-state index in [1.165, 1.54) is 37.9 Å². The Kier molecular flexibility index (Phi) is 6.06. The molecule has 1 heterocycles. The van der Waals surface area contributed by atoms with Crippen LogP contribution >= 0.6 is 0 Å². The number of likely N-dealkylation sites (tertiary alicyclic amines) is 1. The Labute approximate surface area is 124 Å². The quantitative estimate of drug-likeness (QED) is 0.812. The van der Waals surface area contributed by atoms with Crippen molar-refractivity contribution in [2.75, 3.05) is 19.6 Å². The maximum absolute atomic E-state index is 3.83. The van der Waals surface area contributed by atoms with Crippen molar-refractivity contribution in [2.24, 2.45) is 5.92 Å². The van der Waals surface area contributed by atoms with Crippen molar-refractivity contribution >= 4 is 0 Å². The summed E-state index contributed by atoms with van der Waals surface area (Å²) in [5.74, 6) is 0.721. The first-order chi connectivity index (χ1) is 9.70. The molecule has 2 nitrogen and oxygen atoms in total. The SMILES string of the molecule is CCN1CCCC1CNC(CC(C)C)c1ccccc1. The summed E-state index contributed by atoms with van der Waals surface area (Å²) in [4.78, 5) is 2.62. The second-order valence-electron chi connectivity index (χ2n) is 6.43. The average molecular weight is 274 g/mol. The van der Waals surface area contributed by atoms with Gasteiger partial charge in [0.15, 0.2) is 0 Å². The second-order valence-corrected chi connectivity index (χ2v) is 6.43. The van der Waals surface area contributed by atoms with E-state index in [2.05, 4.69) is 61.3 Å². The Morgan fingerprint density at radius 2 is 2.00 bits per heavy atom. The molecule has 2 atom stereocenters. The third kappa shape index (κ3) is 4.32. The fraction of sp³-hybridized carbons (Fsp3) is 0.667. The van der Waals surface area contributed by atoms with Crippen LogP contribution in [-0.2, 0) is 0 Å². The lowest BCUT2D eigenvalue weighted by Crippen LogP contribution is -2.39. The van der Waals surface area contributed by atoms with E-state index in [0.29, 0.717) is 6.04 Å². The molecule has 1 aromatic rings. The number of nitrogens with one attached hydrogen (secondary N) is 1. The molecule has 112 valence electrons. The molecule has 2 rings (SSSR count). The highest BCUT2D eigenvalue weighted by atomic mass is 15.2. The molecule has 2 heteroatoms. The van der Waals surface area contributed by atoms with Crippen LogP contribution in [0, 0.1) is 5.92 Å². The van der Waals surface area contributed by atoms with Crippen molar-refractivity contribution in [1.82, 2.24) is 10.2 Å². The molecule has 1 aliphatic heterocycles. The molecule has 20 heavy (non-hydrogen) atoms. The van der Waals surface area contributed by atoms with Gasteiger partial charge in [0.25, 0.3) is 0 Å². The Morgan fingerprint density at radius 3 is 2.65 bits per heavy atom. The van der Waals surface area contributed by atoms with Crippen LogP contribution in [0.3, 0.4) is 0 Å². The van der Waals surface area contributed by atoms with E-state index < -0.39 is 0 Å². The van der Waals surface area contributed by atoms with E-state index in [1.807, 2.05) is 0 Å². The Bertz CT molecular complexity index is 374. The smallest absolute Gasteiger partial charge is 0.0323 e. The molecule has 1 fully saturated rings. The number of benzene rings is 1. The molecule has 2 unspecified atom stereocenters. The van der Waals surface area contributed by atoms with Crippen molar-refractivity contribution in [1.29, 1.82) is 0 Å². The van der Waals surface area contributed by atoms with Gasteiger partial charge in [-0.3, -0.25) is 4.90 Å². The summed E-state index contributed by atoms with van der Waals surface area (Å²) >= 11 is 0. The average Bonchev–Trinajstić information content (AvgIpc) is 2.91. The number of hydrogen-bond acceptors (Lipinski definition) is 2. The molecule has 0 bridgehead atoms. The van der Waals surface area contributed by atoms with Gasteiger partial charge in [-0.25, -0.2) is 0 Å². The largest absolute Gasteiger partial charge is 0.308 e. The van der Waals surface area contributed by atoms with Gasteiger partial charge >= 0.3 is 0 Å². The highest BCUT2D eigenvalue weighted by Crippen LogP contribution is 2.22. The molecule has 0 saturated carbocycles. The van der Waals surface area contributed by atoms with Crippen molar-refractivity contribution in [2.45, 2.75) is 52.1 Å². The maximum Gasteiger partial charge on any atom is 0.0323 e. The van der Waals surface area contributed by atoms with Gasteiger partial charge in [-0.15, -0.1) is 0 Å². The monoisotopic (exact) mass is 274 g/mol. The van der Waals surface area contributed by atoms with Gasteiger partial charge in [-0.1, -0.05) is 51.1 Å². The molecule has 0 aromatic heterocycles. The minimum Gasteiger partial charge on any atom is -0.308 e. The summed E-state index contributed by atoms with van der Waals surface area (Å²) in [7, 11) is 0. The minimum absolute atomic E-state index is 0.496. The second kappa shape index (κ2) is 7.80. The Balaban J connectivity index is 1.94. The minimum atomic E-state index is 0.496. The van der Waals surface area contributed by atoms with E-state index in [1.54, 1.807) is 0 Å². The summed E-state index contributed by atoms with van der Waals surface area (Å²) < 4.78 is 0. The van der Waals surface area contributed by atoms with Crippen LogP contribution < -0.4 is 5.32 Å². The summed E-state index contributed by atoms with van der Waals surface area (Å²) in [5.41, 5.74) is 1.43. The van der Waals surface area contributed by atoms with Crippen LogP contribution in [0.2, 0.25) is 0 Å². The lowest BCUT2D eigenvalue weighted by atomic mass is 9.96. The summed E-state index contributed by atoms with van der Waals surface area (Å²) in [6.07, 6.45) is 3.92. The third-order valence-electron chi connectivity index (χ3n) is 4.41. The Morgan fingerprint density at radius 1 is 1.25 bits per heavy atom. The van der Waals surface area contributed by atoms with Crippen molar-refractivity contribution in [3.8, 4) is 0 Å². The summed E-state index contributed by atoms with van der Waals surface area (Å²) in [5, 5.41) is 3.83. The van der Waals surface area contributed by atoms with Crippen molar-refractivity contribution in [3.63, 3.8) is 0 Å². The van der Waals surface area contributed by atoms with Gasteiger partial charge in [-0.2, -0.15) is 0 Å². The Hall–Kier alpha value is -0.860. The predicted molar refractivity (Wildman–Crippen MR) is 86.9 cm³/mol. The van der Waals surface area contributed by atoms with Crippen LogP contribution in [0.1, 0.15) is 51.6 Å². The van der Waals surface area contributed by atoms with Crippen LogP contribution in [0.25, 0.3) is 0 Å². The van der Waals surface area contributed by atoms with Crippen LogP contribution in [0.4, 0.5) is 0 Å². The molecule has 1 aliphatic rings. The van der Waals surface area contributed by atoms with Gasteiger partial charge in [0, 0.05) is 18.6 Å². The van der Waals surface area contributed by atoms with Gasteiger partial charge in [0.1, 0.15) is 0 Å². The zero-order valence-corrected chi connectivity index (χ0v) is 13.3. The molecular weight excluding hydrogens is 244 g/mol. The molecular formula is C18H30N2. The normalized spacial score (nSPS) is 21.5. The van der Waals surface area contributed by atoms with Crippen molar-refractivity contribution in [3.05, 3.63) is 35.9 Å². The van der Waals surface area contributed by atoms with E-state index in [0.717, 1.165) is 18.5 Å². The maximum atomic E-state index is 3.83. The fourth-order valence-electron chi connectivity index (χ4n) is 3.31. The van der Waals surface area contributed by atoms with Crippen LogP contribution in [0.15, 0.2) is 30.3 Å². The number of nitrogens with zero attached hydrogens (tertiary/aromatic N) is 1. The number of likely N-dealkylation sites (N-methyl/N-ethyl adjacent to an activating group) is 1. The van der Waals surface area contributed by atoms with Gasteiger partial charge in [-0.05, 0) is 43.8 Å². The predicted octanol–water partition coefficient (Wildman–Crippen LogP) is 3.85. The molecule has 1 saturated heterocycles. The summed E-state index contributed by atoms with van der Waals surface area (Å²) in [6, 6.07) is 12.1. The van der Waals surface area contributed by atoms with Gasteiger partial charge in [0.05, 0.1) is 0 Å². The standard InChI is InChI=1S/C18H30N2/c1-4-20-12-8-11-17(20)14-19-18(13-15(2)3)16-9-6-5-7-10-16/h5-7,9-10,15,17-19H,4,8,11-14H2,1-3H3. The highest BCUT2D eigenvalue weighted by molar-refractivity contribution is 5.19. The first-order valence-electron chi connectivity index (χ1n) is 8.23. The third-order valence-corrected chi connectivity index (χ3v) is 4.41. The van der Waals surface area contributed by atoms with Crippen molar-refractivity contribution < 1.29 is 0 Å². The van der Waals surface area contributed by atoms with E-state index in [9.17, 15) is 0 Å². The highest BCUT2D eigenvalue weighted by Gasteiger charge is 2.24. The van der Waals surface area contributed by atoms with E-state index in [4.69, 9.17) is 0 Å². The first-order valence-corrected chi connectivity index (χ1v) is 8.23. The number of rotatable bonds is 7. The molecule has 0 spiro atoms.